The average molecular weight is 260 g/mol. The Kier molecular flexibility index (Phi) is 4.65. The van der Waals surface area contributed by atoms with E-state index in [1.54, 1.807) is 39.0 Å². The molecular weight excluding hydrogens is 244 g/mol. The van der Waals surface area contributed by atoms with E-state index in [2.05, 4.69) is 5.32 Å². The first-order valence-corrected chi connectivity index (χ1v) is 5.82. The van der Waals surface area contributed by atoms with Crippen molar-refractivity contribution in [2.45, 2.75) is 26.4 Å². The first-order chi connectivity index (χ1) is 8.81. The highest BCUT2D eigenvalue weighted by Gasteiger charge is 2.17. The Labute approximate surface area is 112 Å². The van der Waals surface area contributed by atoms with Crippen LogP contribution in [-0.4, -0.2) is 24.0 Å². The molecule has 0 atom stereocenters. The molecule has 0 saturated heterocycles. The Balaban J connectivity index is 2.56. The molecule has 0 aliphatic heterocycles. The molecule has 100 valence electrons. The number of carbonyl (C=O) groups excluding carboxylic acids is 2. The third-order valence-electron chi connectivity index (χ3n) is 2.11. The SMILES string of the molecule is CC(C)(C)OC(=O)NCC(=O)c1cccc(C#N)c1. The summed E-state index contributed by atoms with van der Waals surface area (Å²) in [6.45, 7) is 5.06. The number of hydrogen-bond acceptors (Lipinski definition) is 4. The standard InChI is InChI=1S/C14H16N2O3/c1-14(2,3)19-13(18)16-9-12(17)11-6-4-5-10(7-11)8-15/h4-7H,9H2,1-3H3,(H,16,18). The highest BCUT2D eigenvalue weighted by Crippen LogP contribution is 2.07. The van der Waals surface area contributed by atoms with Gasteiger partial charge in [0.25, 0.3) is 0 Å². The maximum absolute atomic E-state index is 11.8. The van der Waals surface area contributed by atoms with Gasteiger partial charge in [0.2, 0.25) is 0 Å². The number of nitrogens with one attached hydrogen (secondary N) is 1. The smallest absolute Gasteiger partial charge is 0.408 e. The Morgan fingerprint density at radius 1 is 1.37 bits per heavy atom. The fourth-order valence-electron chi connectivity index (χ4n) is 1.33. The number of nitriles is 1. The van der Waals surface area contributed by atoms with Crippen molar-refractivity contribution < 1.29 is 14.3 Å². The van der Waals surface area contributed by atoms with Gasteiger partial charge in [-0.3, -0.25) is 4.79 Å². The molecule has 0 unspecified atom stereocenters. The summed E-state index contributed by atoms with van der Waals surface area (Å²) < 4.78 is 5.01. The zero-order chi connectivity index (χ0) is 14.5. The maximum atomic E-state index is 11.8. The summed E-state index contributed by atoms with van der Waals surface area (Å²) in [4.78, 5) is 23.2. The lowest BCUT2D eigenvalue weighted by molar-refractivity contribution is 0.0520. The fourth-order valence-corrected chi connectivity index (χ4v) is 1.33. The van der Waals surface area contributed by atoms with Crippen LogP contribution in [0.25, 0.3) is 0 Å². The van der Waals surface area contributed by atoms with E-state index in [1.807, 2.05) is 6.07 Å². The van der Waals surface area contributed by atoms with Gasteiger partial charge in [0, 0.05) is 5.56 Å². The summed E-state index contributed by atoms with van der Waals surface area (Å²) in [5.74, 6) is -0.275. The van der Waals surface area contributed by atoms with E-state index < -0.39 is 11.7 Å². The van der Waals surface area contributed by atoms with Crippen molar-refractivity contribution in [1.82, 2.24) is 5.32 Å². The van der Waals surface area contributed by atoms with Crippen LogP contribution in [0.3, 0.4) is 0 Å². The van der Waals surface area contributed by atoms with E-state index in [0.717, 1.165) is 0 Å². The van der Waals surface area contributed by atoms with Gasteiger partial charge >= 0.3 is 6.09 Å². The zero-order valence-electron chi connectivity index (χ0n) is 11.2. The van der Waals surface area contributed by atoms with Gasteiger partial charge in [-0.25, -0.2) is 4.79 Å². The number of hydrogen-bond donors (Lipinski definition) is 1. The highest BCUT2D eigenvalue weighted by molar-refractivity contribution is 5.99. The molecule has 0 bridgehead atoms. The molecule has 0 heterocycles. The number of carbonyl (C=O) groups is 2. The van der Waals surface area contributed by atoms with Crippen LogP contribution in [0.2, 0.25) is 0 Å². The molecule has 19 heavy (non-hydrogen) atoms. The van der Waals surface area contributed by atoms with E-state index in [-0.39, 0.29) is 12.3 Å². The lowest BCUT2D eigenvalue weighted by atomic mass is 10.1. The number of Topliss-reactive ketones (excluding diaryl/α,β-unsaturated/α-hetero) is 1. The summed E-state index contributed by atoms with van der Waals surface area (Å²) in [7, 11) is 0. The zero-order valence-corrected chi connectivity index (χ0v) is 11.2. The Morgan fingerprint density at radius 2 is 2.05 bits per heavy atom. The van der Waals surface area contributed by atoms with Gasteiger partial charge in [-0.1, -0.05) is 12.1 Å². The van der Waals surface area contributed by atoms with Gasteiger partial charge in [-0.2, -0.15) is 5.26 Å². The second kappa shape index (κ2) is 6.01. The van der Waals surface area contributed by atoms with Crippen LogP contribution in [0.5, 0.6) is 0 Å². The summed E-state index contributed by atoms with van der Waals surface area (Å²) in [6.07, 6.45) is -0.641. The largest absolute Gasteiger partial charge is 0.444 e. The number of ether oxygens (including phenoxy) is 1. The lowest BCUT2D eigenvalue weighted by Gasteiger charge is -2.19. The van der Waals surface area contributed by atoms with Gasteiger partial charge in [0.1, 0.15) is 5.60 Å². The number of rotatable bonds is 3. The van der Waals surface area contributed by atoms with E-state index in [9.17, 15) is 9.59 Å². The molecule has 1 rings (SSSR count). The molecule has 0 radical (unpaired) electrons. The van der Waals surface area contributed by atoms with Crippen LogP contribution in [-0.2, 0) is 4.74 Å². The van der Waals surface area contributed by atoms with Crippen LogP contribution in [0.4, 0.5) is 4.79 Å². The first kappa shape index (κ1) is 14.7. The predicted octanol–water partition coefficient (Wildman–Crippen LogP) is 2.27. The Hall–Kier alpha value is -2.35. The summed E-state index contributed by atoms with van der Waals surface area (Å²) >= 11 is 0. The molecule has 0 saturated carbocycles. The molecule has 1 aromatic carbocycles. The van der Waals surface area contributed by atoms with Crippen LogP contribution in [0.1, 0.15) is 36.7 Å². The highest BCUT2D eigenvalue weighted by atomic mass is 16.6. The molecule has 0 fully saturated rings. The summed E-state index contributed by atoms with van der Waals surface area (Å²) in [6, 6.07) is 8.27. The van der Waals surface area contributed by atoms with Crippen molar-refractivity contribution in [2.75, 3.05) is 6.54 Å². The topological polar surface area (TPSA) is 79.2 Å². The number of ketones is 1. The quantitative estimate of drug-likeness (QED) is 0.845. The minimum Gasteiger partial charge on any atom is -0.444 e. The van der Waals surface area contributed by atoms with Crippen molar-refractivity contribution >= 4 is 11.9 Å². The molecule has 0 aliphatic carbocycles. The first-order valence-electron chi connectivity index (χ1n) is 5.82. The average Bonchev–Trinajstić information content (AvgIpc) is 2.34. The predicted molar refractivity (Wildman–Crippen MR) is 69.7 cm³/mol. The van der Waals surface area contributed by atoms with E-state index in [4.69, 9.17) is 10.00 Å². The molecule has 0 spiro atoms. The van der Waals surface area contributed by atoms with Gasteiger partial charge < -0.3 is 10.1 Å². The van der Waals surface area contributed by atoms with Crippen LogP contribution in [0, 0.1) is 11.3 Å². The van der Waals surface area contributed by atoms with Gasteiger partial charge in [0.05, 0.1) is 18.2 Å². The molecule has 5 nitrogen and oxygen atoms in total. The molecule has 1 amide bonds. The minimum absolute atomic E-state index is 0.163. The molecule has 0 aliphatic rings. The van der Waals surface area contributed by atoms with Crippen molar-refractivity contribution in [1.29, 1.82) is 5.26 Å². The molecular formula is C14H16N2O3. The van der Waals surface area contributed by atoms with Crippen molar-refractivity contribution in [3.05, 3.63) is 35.4 Å². The van der Waals surface area contributed by atoms with Gasteiger partial charge in [0.15, 0.2) is 5.78 Å². The number of alkyl carbamates (subject to hydrolysis) is 1. The molecule has 1 aromatic rings. The van der Waals surface area contributed by atoms with E-state index in [0.29, 0.717) is 11.1 Å². The monoisotopic (exact) mass is 260 g/mol. The van der Waals surface area contributed by atoms with Crippen LogP contribution in [0.15, 0.2) is 24.3 Å². The molecule has 1 N–H and O–H groups in total. The van der Waals surface area contributed by atoms with Crippen LogP contribution >= 0.6 is 0 Å². The maximum Gasteiger partial charge on any atom is 0.408 e. The third kappa shape index (κ3) is 5.21. The summed E-state index contributed by atoms with van der Waals surface area (Å²) in [5, 5.41) is 11.1. The number of amides is 1. The number of benzene rings is 1. The fraction of sp³-hybridized carbons (Fsp3) is 0.357. The Morgan fingerprint density at radius 3 is 2.63 bits per heavy atom. The Bertz CT molecular complexity index is 524. The van der Waals surface area contributed by atoms with Crippen molar-refractivity contribution in [3.63, 3.8) is 0 Å². The second-order valence-electron chi connectivity index (χ2n) is 4.97. The summed E-state index contributed by atoms with van der Waals surface area (Å²) in [5.41, 5.74) is 0.187. The van der Waals surface area contributed by atoms with E-state index >= 15 is 0 Å². The second-order valence-corrected chi connectivity index (χ2v) is 4.97. The van der Waals surface area contributed by atoms with Gasteiger partial charge in [-0.15, -0.1) is 0 Å². The normalized spacial score (nSPS) is 10.4. The van der Waals surface area contributed by atoms with Crippen LogP contribution < -0.4 is 5.32 Å². The van der Waals surface area contributed by atoms with Crippen molar-refractivity contribution in [2.24, 2.45) is 0 Å². The molecule has 0 aromatic heterocycles. The third-order valence-corrected chi connectivity index (χ3v) is 2.11. The number of nitrogens with zero attached hydrogens (tertiary/aromatic N) is 1. The minimum atomic E-state index is -0.641. The lowest BCUT2D eigenvalue weighted by Crippen LogP contribution is -2.35. The van der Waals surface area contributed by atoms with Crippen molar-refractivity contribution in [3.8, 4) is 6.07 Å². The van der Waals surface area contributed by atoms with E-state index in [1.165, 1.54) is 6.07 Å². The van der Waals surface area contributed by atoms with Gasteiger partial charge in [-0.05, 0) is 32.9 Å². The molecule has 5 heteroatoms.